The largest absolute Gasteiger partial charge is 0.493 e. The maximum Gasteiger partial charge on any atom is 0.161 e. The first kappa shape index (κ1) is 15.6. The van der Waals surface area contributed by atoms with Gasteiger partial charge in [0.15, 0.2) is 11.5 Å². The van der Waals surface area contributed by atoms with Crippen LogP contribution in [0.2, 0.25) is 0 Å². The van der Waals surface area contributed by atoms with Gasteiger partial charge in [-0.1, -0.05) is 18.2 Å². The smallest absolute Gasteiger partial charge is 0.161 e. The molecule has 118 valence electrons. The van der Waals surface area contributed by atoms with E-state index < -0.39 is 0 Å². The third-order valence-electron chi connectivity index (χ3n) is 3.80. The zero-order valence-electron chi connectivity index (χ0n) is 13.5. The lowest BCUT2D eigenvalue weighted by atomic mass is 10.0. The van der Waals surface area contributed by atoms with Crippen molar-refractivity contribution >= 4 is 22.6 Å². The summed E-state index contributed by atoms with van der Waals surface area (Å²) in [6.45, 7) is 0. The second kappa shape index (κ2) is 6.84. The lowest BCUT2D eigenvalue weighted by Gasteiger charge is -2.09. The summed E-state index contributed by atoms with van der Waals surface area (Å²) >= 11 is 0. The van der Waals surface area contributed by atoms with Gasteiger partial charge in [0.25, 0.3) is 0 Å². The number of rotatable bonds is 4. The minimum atomic E-state index is 0.548. The first-order valence-electron chi connectivity index (χ1n) is 7.44. The highest BCUT2D eigenvalue weighted by molar-refractivity contribution is 5.97. The Bertz CT molecular complexity index is 950. The van der Waals surface area contributed by atoms with Crippen LogP contribution in [-0.4, -0.2) is 19.2 Å². The molecule has 0 radical (unpaired) electrons. The van der Waals surface area contributed by atoms with E-state index in [4.69, 9.17) is 9.47 Å². The molecule has 3 rings (SSSR count). The SMILES string of the molecule is COc1ccc(C(C#N)=Cc2ccnc3ccccc23)cc1OC. The fraction of sp³-hybridized carbons (Fsp3) is 0.100. The van der Waals surface area contributed by atoms with E-state index in [2.05, 4.69) is 11.1 Å². The van der Waals surface area contributed by atoms with Crippen molar-refractivity contribution in [2.24, 2.45) is 0 Å². The summed E-state index contributed by atoms with van der Waals surface area (Å²) < 4.78 is 10.6. The number of allylic oxidation sites excluding steroid dienone is 1. The standard InChI is InChI=1S/C20H16N2O2/c1-23-19-8-7-14(12-20(19)24-2)16(13-21)11-15-9-10-22-18-6-4-3-5-17(15)18/h3-12H,1-2H3. The Morgan fingerprint density at radius 3 is 2.58 bits per heavy atom. The minimum Gasteiger partial charge on any atom is -0.493 e. The van der Waals surface area contributed by atoms with Crippen LogP contribution in [0.5, 0.6) is 11.5 Å². The summed E-state index contributed by atoms with van der Waals surface area (Å²) in [6.07, 6.45) is 3.61. The summed E-state index contributed by atoms with van der Waals surface area (Å²) in [7, 11) is 3.16. The molecule has 4 heteroatoms. The van der Waals surface area contributed by atoms with E-state index >= 15 is 0 Å². The molecular formula is C20H16N2O2. The van der Waals surface area contributed by atoms with Crippen LogP contribution in [0.3, 0.4) is 0 Å². The Kier molecular flexibility index (Phi) is 4.44. The number of nitriles is 1. The normalized spacial score (nSPS) is 11.1. The van der Waals surface area contributed by atoms with Crippen molar-refractivity contribution in [2.45, 2.75) is 0 Å². The number of aromatic nitrogens is 1. The van der Waals surface area contributed by atoms with Crippen LogP contribution in [0, 0.1) is 11.3 Å². The molecule has 0 aliphatic rings. The van der Waals surface area contributed by atoms with Crippen molar-refractivity contribution < 1.29 is 9.47 Å². The molecule has 1 heterocycles. The van der Waals surface area contributed by atoms with Crippen molar-refractivity contribution in [3.05, 3.63) is 65.9 Å². The molecule has 2 aromatic carbocycles. The summed E-state index contributed by atoms with van der Waals surface area (Å²) in [4.78, 5) is 4.35. The van der Waals surface area contributed by atoms with Crippen molar-refractivity contribution in [2.75, 3.05) is 14.2 Å². The number of methoxy groups -OCH3 is 2. The van der Waals surface area contributed by atoms with Gasteiger partial charge >= 0.3 is 0 Å². The number of ether oxygens (including phenoxy) is 2. The number of nitrogens with zero attached hydrogens (tertiary/aromatic N) is 2. The third-order valence-corrected chi connectivity index (χ3v) is 3.80. The highest BCUT2D eigenvalue weighted by atomic mass is 16.5. The fourth-order valence-electron chi connectivity index (χ4n) is 2.58. The number of para-hydroxylation sites is 1. The van der Waals surface area contributed by atoms with Crippen molar-refractivity contribution in [1.29, 1.82) is 5.26 Å². The Morgan fingerprint density at radius 1 is 1.04 bits per heavy atom. The predicted octanol–water partition coefficient (Wildman–Crippen LogP) is 4.32. The van der Waals surface area contributed by atoms with Gasteiger partial charge in [0.05, 0.1) is 31.4 Å². The van der Waals surface area contributed by atoms with Gasteiger partial charge in [0.2, 0.25) is 0 Å². The first-order chi connectivity index (χ1) is 11.8. The molecule has 0 N–H and O–H groups in total. The Morgan fingerprint density at radius 2 is 1.83 bits per heavy atom. The zero-order valence-corrected chi connectivity index (χ0v) is 13.5. The molecule has 0 fully saturated rings. The van der Waals surface area contributed by atoms with Crippen LogP contribution < -0.4 is 9.47 Å². The van der Waals surface area contributed by atoms with Crippen LogP contribution >= 0.6 is 0 Å². The Hall–Kier alpha value is -3.32. The van der Waals surface area contributed by atoms with Crippen molar-refractivity contribution in [1.82, 2.24) is 4.98 Å². The van der Waals surface area contributed by atoms with Gasteiger partial charge in [-0.2, -0.15) is 5.26 Å². The van der Waals surface area contributed by atoms with Crippen LogP contribution in [-0.2, 0) is 0 Å². The van der Waals surface area contributed by atoms with Crippen LogP contribution in [0.25, 0.3) is 22.6 Å². The van der Waals surface area contributed by atoms with E-state index in [0.717, 1.165) is 22.0 Å². The highest BCUT2D eigenvalue weighted by Crippen LogP contribution is 2.31. The van der Waals surface area contributed by atoms with Crippen molar-refractivity contribution in [3.8, 4) is 17.6 Å². The van der Waals surface area contributed by atoms with Gasteiger partial charge in [-0.25, -0.2) is 0 Å². The fourth-order valence-corrected chi connectivity index (χ4v) is 2.58. The van der Waals surface area contributed by atoms with Gasteiger partial charge in [0, 0.05) is 11.6 Å². The zero-order chi connectivity index (χ0) is 16.9. The quantitative estimate of drug-likeness (QED) is 0.673. The summed E-state index contributed by atoms with van der Waals surface area (Å²) in [5, 5.41) is 10.6. The van der Waals surface area contributed by atoms with E-state index in [0.29, 0.717) is 17.1 Å². The highest BCUT2D eigenvalue weighted by Gasteiger charge is 2.09. The molecule has 0 amide bonds. The topological polar surface area (TPSA) is 55.1 Å². The number of hydrogen-bond donors (Lipinski definition) is 0. The minimum absolute atomic E-state index is 0.548. The van der Waals surface area contributed by atoms with Gasteiger partial charge < -0.3 is 9.47 Å². The van der Waals surface area contributed by atoms with E-state index in [1.54, 1.807) is 32.5 Å². The molecule has 3 aromatic rings. The molecule has 0 spiro atoms. The number of pyridine rings is 1. The van der Waals surface area contributed by atoms with Crippen LogP contribution in [0.1, 0.15) is 11.1 Å². The van der Waals surface area contributed by atoms with E-state index in [9.17, 15) is 5.26 Å². The third kappa shape index (κ3) is 2.92. The lowest BCUT2D eigenvalue weighted by molar-refractivity contribution is 0.355. The molecule has 0 bridgehead atoms. The molecule has 0 unspecified atom stereocenters. The van der Waals surface area contributed by atoms with Gasteiger partial charge in [-0.05, 0) is 47.5 Å². The van der Waals surface area contributed by atoms with E-state index in [1.165, 1.54) is 0 Å². The molecule has 1 aromatic heterocycles. The molecule has 0 aliphatic heterocycles. The first-order valence-corrected chi connectivity index (χ1v) is 7.44. The molecule has 0 saturated carbocycles. The predicted molar refractivity (Wildman–Crippen MR) is 94.8 cm³/mol. The molecule has 4 nitrogen and oxygen atoms in total. The summed E-state index contributed by atoms with van der Waals surface area (Å²) in [5.41, 5.74) is 3.17. The summed E-state index contributed by atoms with van der Waals surface area (Å²) in [6, 6.07) is 17.5. The molecule has 24 heavy (non-hydrogen) atoms. The van der Waals surface area contributed by atoms with E-state index in [-0.39, 0.29) is 0 Å². The second-order valence-corrected chi connectivity index (χ2v) is 5.16. The molecule has 0 atom stereocenters. The van der Waals surface area contributed by atoms with Crippen LogP contribution in [0.15, 0.2) is 54.7 Å². The molecule has 0 aliphatic carbocycles. The number of hydrogen-bond acceptors (Lipinski definition) is 4. The number of benzene rings is 2. The lowest BCUT2D eigenvalue weighted by Crippen LogP contribution is -1.92. The maximum atomic E-state index is 9.60. The van der Waals surface area contributed by atoms with Crippen LogP contribution in [0.4, 0.5) is 0 Å². The van der Waals surface area contributed by atoms with Gasteiger partial charge in [-0.15, -0.1) is 0 Å². The average Bonchev–Trinajstić information content (AvgIpc) is 2.65. The molecule has 0 saturated heterocycles. The van der Waals surface area contributed by atoms with Gasteiger partial charge in [0.1, 0.15) is 0 Å². The number of fused-ring (bicyclic) bond motifs is 1. The molecular weight excluding hydrogens is 300 g/mol. The van der Waals surface area contributed by atoms with Crippen molar-refractivity contribution in [3.63, 3.8) is 0 Å². The Balaban J connectivity index is 2.12. The maximum absolute atomic E-state index is 9.60. The van der Waals surface area contributed by atoms with Gasteiger partial charge in [-0.3, -0.25) is 4.98 Å². The second-order valence-electron chi connectivity index (χ2n) is 5.16. The summed E-state index contributed by atoms with van der Waals surface area (Å²) in [5.74, 6) is 1.23. The average molecular weight is 316 g/mol. The Labute approximate surface area is 140 Å². The monoisotopic (exact) mass is 316 g/mol. The van der Waals surface area contributed by atoms with E-state index in [1.807, 2.05) is 42.5 Å².